The third-order valence-electron chi connectivity index (χ3n) is 2.43. The van der Waals surface area contributed by atoms with Crippen molar-refractivity contribution in [3.8, 4) is 0 Å². The van der Waals surface area contributed by atoms with Gasteiger partial charge in [-0.3, -0.25) is 9.36 Å². The summed E-state index contributed by atoms with van der Waals surface area (Å²) < 4.78 is 7.36. The fraction of sp³-hybridized carbons (Fsp3) is 0.364. The molecule has 0 bridgehead atoms. The highest BCUT2D eigenvalue weighted by molar-refractivity contribution is 5.02. The highest BCUT2D eigenvalue weighted by Crippen LogP contribution is 1.96. The van der Waals surface area contributed by atoms with Gasteiger partial charge in [0, 0.05) is 24.4 Å². The first-order chi connectivity index (χ1) is 8.22. The van der Waals surface area contributed by atoms with Gasteiger partial charge in [-0.15, -0.1) is 0 Å². The maximum absolute atomic E-state index is 12.0. The molecule has 0 amide bonds. The zero-order valence-corrected chi connectivity index (χ0v) is 9.50. The zero-order chi connectivity index (χ0) is 12.3. The molecule has 2 aromatic rings. The minimum absolute atomic E-state index is 0.186. The van der Waals surface area contributed by atoms with Crippen LogP contribution in [0.4, 0.5) is 0 Å². The van der Waals surface area contributed by atoms with Crippen molar-refractivity contribution in [1.29, 1.82) is 0 Å². The van der Waals surface area contributed by atoms with Gasteiger partial charge in [0.25, 0.3) is 5.56 Å². The van der Waals surface area contributed by atoms with Crippen LogP contribution in [0.5, 0.6) is 0 Å². The molecule has 6 heteroatoms. The van der Waals surface area contributed by atoms with Crippen molar-refractivity contribution in [2.75, 3.05) is 0 Å². The molecule has 0 fully saturated rings. The number of nitrogens with zero attached hydrogens (tertiary/aromatic N) is 3. The lowest BCUT2D eigenvalue weighted by Crippen LogP contribution is -2.39. The van der Waals surface area contributed by atoms with Gasteiger partial charge >= 0.3 is 5.69 Å². The summed E-state index contributed by atoms with van der Waals surface area (Å²) in [4.78, 5) is 23.6. The Morgan fingerprint density at radius 3 is 2.88 bits per heavy atom. The maximum atomic E-state index is 12.0. The molecule has 0 saturated heterocycles. The van der Waals surface area contributed by atoms with Crippen LogP contribution in [-0.4, -0.2) is 14.3 Å². The minimum Gasteiger partial charge on any atom is -0.364 e. The van der Waals surface area contributed by atoms with E-state index >= 15 is 0 Å². The van der Waals surface area contributed by atoms with E-state index in [0.29, 0.717) is 12.1 Å². The first-order valence-corrected chi connectivity index (χ1v) is 5.41. The molecule has 2 rings (SSSR count). The summed E-state index contributed by atoms with van der Waals surface area (Å²) in [6, 6.07) is 1.39. The Morgan fingerprint density at radius 1 is 1.41 bits per heavy atom. The van der Waals surface area contributed by atoms with Crippen LogP contribution in [0.3, 0.4) is 0 Å². The number of hydrogen-bond donors (Lipinski definition) is 0. The van der Waals surface area contributed by atoms with Crippen LogP contribution in [0.25, 0.3) is 0 Å². The van der Waals surface area contributed by atoms with E-state index in [4.69, 9.17) is 0 Å². The van der Waals surface area contributed by atoms with Gasteiger partial charge in [-0.2, -0.15) is 0 Å². The molecule has 0 atom stereocenters. The summed E-state index contributed by atoms with van der Waals surface area (Å²) in [6.45, 7) is 2.76. The second kappa shape index (κ2) is 4.82. The van der Waals surface area contributed by atoms with E-state index < -0.39 is 0 Å². The van der Waals surface area contributed by atoms with Gasteiger partial charge in [0.05, 0.1) is 12.7 Å². The van der Waals surface area contributed by atoms with Crippen LogP contribution in [0.2, 0.25) is 0 Å². The molecule has 6 nitrogen and oxygen atoms in total. The lowest BCUT2D eigenvalue weighted by molar-refractivity contribution is 0.418. The van der Waals surface area contributed by atoms with Crippen molar-refractivity contribution in [2.24, 2.45) is 0 Å². The summed E-state index contributed by atoms with van der Waals surface area (Å²) >= 11 is 0. The van der Waals surface area contributed by atoms with Crippen LogP contribution in [0, 0.1) is 0 Å². The number of rotatable bonds is 4. The Kier molecular flexibility index (Phi) is 3.22. The lowest BCUT2D eigenvalue weighted by atomic mass is 10.3. The third-order valence-corrected chi connectivity index (χ3v) is 2.43. The monoisotopic (exact) mass is 235 g/mol. The van der Waals surface area contributed by atoms with Gasteiger partial charge in [0.2, 0.25) is 0 Å². The van der Waals surface area contributed by atoms with Gasteiger partial charge in [0.1, 0.15) is 6.26 Å². The highest BCUT2D eigenvalue weighted by atomic mass is 16.5. The van der Waals surface area contributed by atoms with E-state index in [1.165, 1.54) is 33.9 Å². The second-order valence-corrected chi connectivity index (χ2v) is 3.75. The van der Waals surface area contributed by atoms with E-state index in [1.807, 2.05) is 6.92 Å². The van der Waals surface area contributed by atoms with E-state index in [0.717, 1.165) is 6.42 Å². The summed E-state index contributed by atoms with van der Waals surface area (Å²) in [5.74, 6) is 0. The molecular formula is C11H13N3O3. The molecule has 0 aliphatic carbocycles. The number of aryl methyl sites for hydroxylation is 1. The molecule has 0 N–H and O–H groups in total. The van der Waals surface area contributed by atoms with Gasteiger partial charge < -0.3 is 9.09 Å². The summed E-state index contributed by atoms with van der Waals surface area (Å²) in [6.07, 6.45) is 5.27. The molecule has 0 saturated carbocycles. The quantitative estimate of drug-likeness (QED) is 0.771. The molecule has 0 radical (unpaired) electrons. The predicted molar refractivity (Wildman–Crippen MR) is 60.9 cm³/mol. The fourth-order valence-electron chi connectivity index (χ4n) is 1.60. The summed E-state index contributed by atoms with van der Waals surface area (Å²) in [5.41, 5.74) is 0.0718. The predicted octanol–water partition coefficient (Wildman–Crippen LogP) is 0.456. The van der Waals surface area contributed by atoms with E-state index in [1.54, 1.807) is 0 Å². The standard InChI is InChI=1S/C11H13N3O3/c1-2-4-13-5-3-10(15)14(11(13)16)7-9-6-12-17-8-9/h3,5-6,8H,2,4,7H2,1H3. The molecule has 2 aromatic heterocycles. The summed E-state index contributed by atoms with van der Waals surface area (Å²) in [5, 5.41) is 3.54. The Labute approximate surface area is 97.1 Å². The van der Waals surface area contributed by atoms with Crippen LogP contribution in [0.15, 0.2) is 38.8 Å². The molecule has 90 valence electrons. The molecular weight excluding hydrogens is 222 g/mol. The molecule has 0 aromatic carbocycles. The minimum atomic E-state index is -0.316. The Morgan fingerprint density at radius 2 is 2.24 bits per heavy atom. The molecule has 0 aliphatic rings. The van der Waals surface area contributed by atoms with Crippen LogP contribution in [0.1, 0.15) is 18.9 Å². The Bertz CT molecular complexity index is 595. The zero-order valence-electron chi connectivity index (χ0n) is 9.50. The van der Waals surface area contributed by atoms with Crippen LogP contribution in [-0.2, 0) is 13.1 Å². The third kappa shape index (κ3) is 2.35. The fourth-order valence-corrected chi connectivity index (χ4v) is 1.60. The summed E-state index contributed by atoms with van der Waals surface area (Å²) in [7, 11) is 0. The smallest absolute Gasteiger partial charge is 0.331 e. The molecule has 17 heavy (non-hydrogen) atoms. The van der Waals surface area contributed by atoms with Crippen molar-refractivity contribution in [2.45, 2.75) is 26.4 Å². The van der Waals surface area contributed by atoms with E-state index in [2.05, 4.69) is 9.68 Å². The first kappa shape index (κ1) is 11.4. The SMILES string of the molecule is CCCn1ccc(=O)n(Cc2cnoc2)c1=O. The van der Waals surface area contributed by atoms with E-state index in [-0.39, 0.29) is 17.8 Å². The first-order valence-electron chi connectivity index (χ1n) is 5.41. The Balaban J connectivity index is 2.42. The van der Waals surface area contributed by atoms with Gasteiger partial charge in [-0.25, -0.2) is 4.79 Å². The van der Waals surface area contributed by atoms with Crippen LogP contribution >= 0.6 is 0 Å². The Hall–Kier alpha value is -2.11. The number of hydrogen-bond acceptors (Lipinski definition) is 4. The van der Waals surface area contributed by atoms with Crippen molar-refractivity contribution >= 4 is 0 Å². The van der Waals surface area contributed by atoms with Crippen molar-refractivity contribution in [3.05, 3.63) is 51.1 Å². The van der Waals surface area contributed by atoms with Crippen molar-refractivity contribution < 1.29 is 4.52 Å². The second-order valence-electron chi connectivity index (χ2n) is 3.75. The van der Waals surface area contributed by atoms with Gasteiger partial charge in [-0.05, 0) is 6.42 Å². The average Bonchev–Trinajstić information content (AvgIpc) is 2.81. The average molecular weight is 235 g/mol. The normalized spacial score (nSPS) is 10.6. The van der Waals surface area contributed by atoms with Gasteiger partial charge in [0.15, 0.2) is 0 Å². The van der Waals surface area contributed by atoms with Crippen LogP contribution < -0.4 is 11.2 Å². The van der Waals surface area contributed by atoms with E-state index in [9.17, 15) is 9.59 Å². The van der Waals surface area contributed by atoms with Crippen molar-refractivity contribution in [3.63, 3.8) is 0 Å². The molecule has 2 heterocycles. The molecule has 0 spiro atoms. The highest BCUT2D eigenvalue weighted by Gasteiger charge is 2.06. The topological polar surface area (TPSA) is 70.0 Å². The molecule has 0 unspecified atom stereocenters. The van der Waals surface area contributed by atoms with Gasteiger partial charge in [-0.1, -0.05) is 12.1 Å². The lowest BCUT2D eigenvalue weighted by Gasteiger charge is -2.07. The maximum Gasteiger partial charge on any atom is 0.331 e. The van der Waals surface area contributed by atoms with Crippen molar-refractivity contribution in [1.82, 2.24) is 14.3 Å². The molecule has 0 aliphatic heterocycles. The number of aromatic nitrogens is 3. The largest absolute Gasteiger partial charge is 0.364 e.